The van der Waals surface area contributed by atoms with Crippen LogP contribution in [0, 0.1) is 5.92 Å². The number of nitrogens with zero attached hydrogens (tertiary/aromatic N) is 2. The molecule has 2 rings (SSSR count). The second-order valence-electron chi connectivity index (χ2n) is 5.10. The van der Waals surface area contributed by atoms with Gasteiger partial charge in [0.05, 0.1) is 19.0 Å². The molecule has 0 amide bonds. The summed E-state index contributed by atoms with van der Waals surface area (Å²) in [5, 5.41) is 4.38. The summed E-state index contributed by atoms with van der Waals surface area (Å²) in [5.74, 6) is 2.02. The lowest BCUT2D eigenvalue weighted by Gasteiger charge is -2.33. The molecule has 1 saturated carbocycles. The summed E-state index contributed by atoms with van der Waals surface area (Å²) in [4.78, 5) is 0. The molecule has 1 aliphatic carbocycles. The van der Waals surface area contributed by atoms with Crippen molar-refractivity contribution in [1.82, 2.24) is 9.78 Å². The van der Waals surface area contributed by atoms with Crippen molar-refractivity contribution in [3.63, 3.8) is 0 Å². The van der Waals surface area contributed by atoms with E-state index in [0.29, 0.717) is 5.92 Å². The third-order valence-corrected chi connectivity index (χ3v) is 3.88. The van der Waals surface area contributed by atoms with Crippen molar-refractivity contribution in [1.29, 1.82) is 0 Å². The molecule has 0 aromatic carbocycles. The Bertz CT molecular complexity index is 353. The summed E-state index contributed by atoms with van der Waals surface area (Å²) in [5.41, 5.74) is 7.47. The molecule has 96 valence electrons. The van der Waals surface area contributed by atoms with E-state index in [0.717, 1.165) is 31.1 Å². The Kier molecular flexibility index (Phi) is 3.72. The summed E-state index contributed by atoms with van der Waals surface area (Å²) < 4.78 is 7.45. The zero-order valence-electron chi connectivity index (χ0n) is 11.0. The maximum atomic E-state index is 6.28. The van der Waals surface area contributed by atoms with E-state index in [1.165, 1.54) is 12.1 Å². The summed E-state index contributed by atoms with van der Waals surface area (Å²) in [6.07, 6.45) is 5.29. The Morgan fingerprint density at radius 1 is 1.53 bits per heavy atom. The third-order valence-electron chi connectivity index (χ3n) is 3.88. The molecule has 0 saturated heterocycles. The highest BCUT2D eigenvalue weighted by molar-refractivity contribution is 5.30. The Balaban J connectivity index is 2.33. The van der Waals surface area contributed by atoms with Gasteiger partial charge >= 0.3 is 0 Å². The van der Waals surface area contributed by atoms with Gasteiger partial charge in [0.25, 0.3) is 0 Å². The molecular formula is C13H23N3O. The molecule has 0 spiro atoms. The Hall–Kier alpha value is -1.03. The molecule has 3 unspecified atom stereocenters. The second kappa shape index (κ2) is 5.08. The number of hydrogen-bond donors (Lipinski definition) is 1. The molecule has 0 bridgehead atoms. The minimum absolute atomic E-state index is 0.238. The molecule has 17 heavy (non-hydrogen) atoms. The van der Waals surface area contributed by atoms with Crippen LogP contribution in [-0.2, 0) is 6.54 Å². The summed E-state index contributed by atoms with van der Waals surface area (Å²) in [7, 11) is 1.71. The molecule has 0 radical (unpaired) electrons. The maximum absolute atomic E-state index is 6.28. The second-order valence-corrected chi connectivity index (χ2v) is 5.10. The van der Waals surface area contributed by atoms with Crippen molar-refractivity contribution < 1.29 is 4.74 Å². The Morgan fingerprint density at radius 3 is 2.94 bits per heavy atom. The van der Waals surface area contributed by atoms with Crippen molar-refractivity contribution in [2.24, 2.45) is 11.7 Å². The zero-order valence-corrected chi connectivity index (χ0v) is 11.0. The largest absolute Gasteiger partial charge is 0.493 e. The lowest BCUT2D eigenvalue weighted by atomic mass is 9.77. The average Bonchev–Trinajstić information content (AvgIpc) is 2.74. The van der Waals surface area contributed by atoms with E-state index in [-0.39, 0.29) is 6.04 Å². The SMILES string of the molecule is CCn1ncc(OC)c1C1CC(C)CCC1N. The fraction of sp³-hybridized carbons (Fsp3) is 0.769. The minimum Gasteiger partial charge on any atom is -0.493 e. The van der Waals surface area contributed by atoms with Crippen LogP contribution in [0.15, 0.2) is 6.20 Å². The lowest BCUT2D eigenvalue weighted by molar-refractivity contribution is 0.287. The van der Waals surface area contributed by atoms with Crippen molar-refractivity contribution >= 4 is 0 Å². The van der Waals surface area contributed by atoms with Crippen molar-refractivity contribution in [3.05, 3.63) is 11.9 Å². The molecule has 1 aromatic rings. The monoisotopic (exact) mass is 237 g/mol. The first-order chi connectivity index (χ1) is 8.17. The predicted molar refractivity (Wildman–Crippen MR) is 68.2 cm³/mol. The smallest absolute Gasteiger partial charge is 0.160 e. The Labute approximate surface area is 103 Å². The highest BCUT2D eigenvalue weighted by Gasteiger charge is 2.32. The number of ether oxygens (including phenoxy) is 1. The minimum atomic E-state index is 0.238. The number of methoxy groups -OCH3 is 1. The lowest BCUT2D eigenvalue weighted by Crippen LogP contribution is -2.35. The molecule has 1 aromatic heterocycles. The van der Waals surface area contributed by atoms with E-state index in [9.17, 15) is 0 Å². The van der Waals surface area contributed by atoms with Crippen LogP contribution in [0.1, 0.15) is 44.7 Å². The number of aromatic nitrogens is 2. The predicted octanol–water partition coefficient (Wildman–Crippen LogP) is 2.14. The van der Waals surface area contributed by atoms with E-state index >= 15 is 0 Å². The normalized spacial score (nSPS) is 29.3. The van der Waals surface area contributed by atoms with Gasteiger partial charge in [0.15, 0.2) is 5.75 Å². The third kappa shape index (κ3) is 2.32. The molecule has 1 aliphatic rings. The van der Waals surface area contributed by atoms with Crippen LogP contribution in [0.5, 0.6) is 5.75 Å². The number of hydrogen-bond acceptors (Lipinski definition) is 3. The van der Waals surface area contributed by atoms with Gasteiger partial charge in [-0.05, 0) is 32.1 Å². The molecule has 2 N–H and O–H groups in total. The fourth-order valence-electron chi connectivity index (χ4n) is 2.88. The average molecular weight is 237 g/mol. The van der Waals surface area contributed by atoms with Gasteiger partial charge in [-0.25, -0.2) is 0 Å². The van der Waals surface area contributed by atoms with Gasteiger partial charge in [-0.2, -0.15) is 5.10 Å². The van der Waals surface area contributed by atoms with E-state index in [1.807, 2.05) is 10.9 Å². The number of aryl methyl sites for hydroxylation is 1. The van der Waals surface area contributed by atoms with E-state index in [4.69, 9.17) is 10.5 Å². The van der Waals surface area contributed by atoms with Crippen LogP contribution >= 0.6 is 0 Å². The van der Waals surface area contributed by atoms with E-state index < -0.39 is 0 Å². The first-order valence-corrected chi connectivity index (χ1v) is 6.52. The molecule has 1 fully saturated rings. The quantitative estimate of drug-likeness (QED) is 0.876. The highest BCUT2D eigenvalue weighted by Crippen LogP contribution is 2.39. The van der Waals surface area contributed by atoms with Crippen molar-refractivity contribution in [2.75, 3.05) is 7.11 Å². The van der Waals surface area contributed by atoms with Gasteiger partial charge in [-0.1, -0.05) is 6.92 Å². The number of rotatable bonds is 3. The van der Waals surface area contributed by atoms with Crippen LogP contribution in [0.25, 0.3) is 0 Å². The van der Waals surface area contributed by atoms with Gasteiger partial charge in [-0.3, -0.25) is 4.68 Å². The summed E-state index contributed by atoms with van der Waals surface area (Å²) in [6.45, 7) is 5.28. The maximum Gasteiger partial charge on any atom is 0.160 e. The van der Waals surface area contributed by atoms with E-state index in [2.05, 4.69) is 18.9 Å². The van der Waals surface area contributed by atoms with Crippen molar-refractivity contribution in [2.45, 2.75) is 51.6 Å². The number of nitrogens with two attached hydrogens (primary N) is 1. The van der Waals surface area contributed by atoms with Crippen LogP contribution in [0.2, 0.25) is 0 Å². The van der Waals surface area contributed by atoms with Gasteiger partial charge < -0.3 is 10.5 Å². The van der Waals surface area contributed by atoms with Crippen LogP contribution in [-0.4, -0.2) is 22.9 Å². The molecule has 4 nitrogen and oxygen atoms in total. The van der Waals surface area contributed by atoms with Gasteiger partial charge in [0.1, 0.15) is 0 Å². The zero-order chi connectivity index (χ0) is 12.4. The Morgan fingerprint density at radius 2 is 2.29 bits per heavy atom. The summed E-state index contributed by atoms with van der Waals surface area (Å²) in [6, 6.07) is 0.238. The topological polar surface area (TPSA) is 53.1 Å². The van der Waals surface area contributed by atoms with Crippen LogP contribution in [0.4, 0.5) is 0 Å². The first-order valence-electron chi connectivity index (χ1n) is 6.52. The van der Waals surface area contributed by atoms with Crippen molar-refractivity contribution in [3.8, 4) is 5.75 Å². The van der Waals surface area contributed by atoms with Crippen LogP contribution in [0.3, 0.4) is 0 Å². The molecule has 4 heteroatoms. The molecule has 0 aliphatic heterocycles. The van der Waals surface area contributed by atoms with E-state index in [1.54, 1.807) is 7.11 Å². The standard InChI is InChI=1S/C13H23N3O/c1-4-16-13(12(17-3)8-15-16)10-7-9(2)5-6-11(10)14/h8-11H,4-7,14H2,1-3H3. The highest BCUT2D eigenvalue weighted by atomic mass is 16.5. The fourth-order valence-corrected chi connectivity index (χ4v) is 2.88. The van der Waals surface area contributed by atoms with Gasteiger partial charge in [-0.15, -0.1) is 0 Å². The molecule has 3 atom stereocenters. The molecule has 1 heterocycles. The summed E-state index contributed by atoms with van der Waals surface area (Å²) >= 11 is 0. The van der Waals surface area contributed by atoms with Crippen LogP contribution < -0.4 is 10.5 Å². The van der Waals surface area contributed by atoms with Gasteiger partial charge in [0.2, 0.25) is 0 Å². The van der Waals surface area contributed by atoms with Gasteiger partial charge in [0, 0.05) is 18.5 Å². The molecular weight excluding hydrogens is 214 g/mol. The first kappa shape index (κ1) is 12.4.